The second-order valence-corrected chi connectivity index (χ2v) is 4.21. The first-order chi connectivity index (χ1) is 10.1. The van der Waals surface area contributed by atoms with Crippen molar-refractivity contribution in [1.82, 2.24) is 4.98 Å². The van der Waals surface area contributed by atoms with Gasteiger partial charge in [-0.2, -0.15) is 0 Å². The number of H-pyrrole nitrogens is 1. The van der Waals surface area contributed by atoms with E-state index in [9.17, 15) is 9.59 Å². The lowest BCUT2D eigenvalue weighted by Crippen LogP contribution is -2.22. The predicted octanol–water partition coefficient (Wildman–Crippen LogP) is 1.91. The fourth-order valence-corrected chi connectivity index (χ4v) is 1.66. The number of carbonyl (C=O) groups excluding carboxylic acids is 1. The first kappa shape index (κ1) is 14.4. The van der Waals surface area contributed by atoms with Gasteiger partial charge in [-0.05, 0) is 31.2 Å². The smallest absolute Gasteiger partial charge is 0.349 e. The molecule has 2 aromatic rings. The molecular formula is C16H13NO4. The second kappa shape index (κ2) is 6.44. The van der Waals surface area contributed by atoms with E-state index in [0.717, 1.165) is 0 Å². The summed E-state index contributed by atoms with van der Waals surface area (Å²) in [5.41, 5.74) is 0.0867. The van der Waals surface area contributed by atoms with Crippen LogP contribution >= 0.6 is 0 Å². The van der Waals surface area contributed by atoms with E-state index in [-0.39, 0.29) is 17.9 Å². The molecule has 0 saturated carbocycles. The van der Waals surface area contributed by atoms with Crippen LogP contribution in [-0.4, -0.2) is 17.6 Å². The van der Waals surface area contributed by atoms with Gasteiger partial charge in [-0.3, -0.25) is 4.79 Å². The van der Waals surface area contributed by atoms with Crippen molar-refractivity contribution in [2.45, 2.75) is 6.92 Å². The Morgan fingerprint density at radius 1 is 1.24 bits per heavy atom. The van der Waals surface area contributed by atoms with Gasteiger partial charge in [0.2, 0.25) is 0 Å². The molecule has 5 heteroatoms. The first-order valence-electron chi connectivity index (χ1n) is 6.19. The Labute approximate surface area is 121 Å². The molecule has 0 fully saturated rings. The molecule has 5 nitrogen and oxygen atoms in total. The Balaban J connectivity index is 2.24. The van der Waals surface area contributed by atoms with E-state index in [1.165, 1.54) is 6.07 Å². The van der Waals surface area contributed by atoms with Gasteiger partial charge in [-0.1, -0.05) is 18.1 Å². The molecular weight excluding hydrogens is 270 g/mol. The predicted molar refractivity (Wildman–Crippen MR) is 77.5 cm³/mol. The molecule has 0 aliphatic carbocycles. The molecule has 0 aliphatic rings. The van der Waals surface area contributed by atoms with Crippen LogP contribution in [0.3, 0.4) is 0 Å². The number of pyridine rings is 1. The number of esters is 1. The Morgan fingerprint density at radius 3 is 2.62 bits per heavy atom. The zero-order valence-electron chi connectivity index (χ0n) is 11.4. The van der Waals surface area contributed by atoms with Crippen molar-refractivity contribution in [2.24, 2.45) is 0 Å². The zero-order chi connectivity index (χ0) is 15.2. The minimum absolute atomic E-state index is 0.0552. The first-order valence-corrected chi connectivity index (χ1v) is 6.19. The monoisotopic (exact) mass is 283 g/mol. The lowest BCUT2D eigenvalue weighted by Gasteiger charge is -2.09. The van der Waals surface area contributed by atoms with E-state index in [2.05, 4.69) is 10.9 Å². The van der Waals surface area contributed by atoms with Gasteiger partial charge in [0.15, 0.2) is 11.5 Å². The van der Waals surface area contributed by atoms with E-state index in [1.54, 1.807) is 37.3 Å². The van der Waals surface area contributed by atoms with Crippen LogP contribution in [0.1, 0.15) is 16.1 Å². The van der Waals surface area contributed by atoms with Crippen molar-refractivity contribution in [3.05, 3.63) is 58.0 Å². The summed E-state index contributed by atoms with van der Waals surface area (Å²) in [6.45, 7) is 1.78. The third-order valence-electron chi connectivity index (χ3n) is 2.64. The molecule has 0 radical (unpaired) electrons. The lowest BCUT2D eigenvalue weighted by atomic mass is 10.2. The van der Waals surface area contributed by atoms with Gasteiger partial charge < -0.3 is 14.5 Å². The number of terminal acetylenes is 1. The number of ether oxygens (including phenoxy) is 2. The molecule has 0 unspecified atom stereocenters. The maximum atomic E-state index is 12.0. The number of carbonyl (C=O) groups is 1. The molecule has 2 rings (SSSR count). The van der Waals surface area contributed by atoms with Crippen LogP contribution in [0.25, 0.3) is 0 Å². The number of hydrogen-bond donors (Lipinski definition) is 1. The molecule has 0 aliphatic heterocycles. The summed E-state index contributed by atoms with van der Waals surface area (Å²) < 4.78 is 10.5. The van der Waals surface area contributed by atoms with Gasteiger partial charge in [0.05, 0.1) is 0 Å². The SMILES string of the molecule is C#CCOc1ccccc1OC(=O)c1ccc(C)[nH]c1=O. The van der Waals surface area contributed by atoms with E-state index in [0.29, 0.717) is 11.4 Å². The Hall–Kier alpha value is -3.00. The summed E-state index contributed by atoms with van der Waals surface area (Å²) in [5.74, 6) is 2.12. The average Bonchev–Trinajstić information content (AvgIpc) is 2.46. The third kappa shape index (κ3) is 3.51. The van der Waals surface area contributed by atoms with Crippen LogP contribution < -0.4 is 15.0 Å². The Bertz CT molecular complexity index is 755. The molecule has 0 spiro atoms. The Morgan fingerprint density at radius 2 is 1.95 bits per heavy atom. The molecule has 0 saturated heterocycles. The van der Waals surface area contributed by atoms with Crippen molar-refractivity contribution < 1.29 is 14.3 Å². The quantitative estimate of drug-likeness (QED) is 0.529. The normalized spacial score (nSPS) is 9.71. The fourth-order valence-electron chi connectivity index (χ4n) is 1.66. The van der Waals surface area contributed by atoms with Crippen molar-refractivity contribution in [3.63, 3.8) is 0 Å². The van der Waals surface area contributed by atoms with Gasteiger partial charge in [0.25, 0.3) is 5.56 Å². The highest BCUT2D eigenvalue weighted by Crippen LogP contribution is 2.26. The molecule has 1 N–H and O–H groups in total. The number of para-hydroxylation sites is 2. The standard InChI is InChI=1S/C16H13NO4/c1-3-10-20-13-6-4-5-7-14(13)21-16(19)12-9-8-11(2)17-15(12)18/h1,4-9H,10H2,2H3,(H,17,18). The third-order valence-corrected chi connectivity index (χ3v) is 2.64. The lowest BCUT2D eigenvalue weighted by molar-refractivity contribution is 0.0727. The van der Waals surface area contributed by atoms with Gasteiger partial charge >= 0.3 is 5.97 Å². The largest absolute Gasteiger partial charge is 0.477 e. The van der Waals surface area contributed by atoms with Crippen LogP contribution in [0.2, 0.25) is 0 Å². The van der Waals surface area contributed by atoms with Gasteiger partial charge in [0, 0.05) is 5.69 Å². The number of hydrogen-bond acceptors (Lipinski definition) is 4. The minimum atomic E-state index is -0.756. The summed E-state index contributed by atoms with van der Waals surface area (Å²) in [5, 5.41) is 0. The van der Waals surface area contributed by atoms with Crippen molar-refractivity contribution >= 4 is 5.97 Å². The average molecular weight is 283 g/mol. The van der Waals surface area contributed by atoms with Crippen LogP contribution in [0.5, 0.6) is 11.5 Å². The molecule has 1 heterocycles. The summed E-state index contributed by atoms with van der Waals surface area (Å²) in [4.78, 5) is 26.3. The van der Waals surface area contributed by atoms with Gasteiger partial charge in [0.1, 0.15) is 12.2 Å². The van der Waals surface area contributed by atoms with Crippen LogP contribution in [-0.2, 0) is 0 Å². The van der Waals surface area contributed by atoms with Crippen LogP contribution in [0, 0.1) is 19.3 Å². The number of aromatic nitrogens is 1. The molecule has 21 heavy (non-hydrogen) atoms. The molecule has 106 valence electrons. The topological polar surface area (TPSA) is 68.4 Å². The highest BCUT2D eigenvalue weighted by Gasteiger charge is 2.15. The van der Waals surface area contributed by atoms with Crippen molar-refractivity contribution in [1.29, 1.82) is 0 Å². The van der Waals surface area contributed by atoms with E-state index in [4.69, 9.17) is 15.9 Å². The summed E-state index contributed by atoms with van der Waals surface area (Å²) >= 11 is 0. The molecule has 0 amide bonds. The second-order valence-electron chi connectivity index (χ2n) is 4.21. The number of aryl methyl sites for hydroxylation is 1. The van der Waals surface area contributed by atoms with E-state index >= 15 is 0 Å². The summed E-state index contributed by atoms with van der Waals surface area (Å²) in [7, 11) is 0. The van der Waals surface area contributed by atoms with Crippen molar-refractivity contribution in [2.75, 3.05) is 6.61 Å². The molecule has 0 bridgehead atoms. The number of aromatic amines is 1. The highest BCUT2D eigenvalue weighted by atomic mass is 16.6. The number of nitrogens with one attached hydrogen (secondary N) is 1. The van der Waals surface area contributed by atoms with Gasteiger partial charge in [-0.15, -0.1) is 6.42 Å². The van der Waals surface area contributed by atoms with Crippen LogP contribution in [0.15, 0.2) is 41.2 Å². The summed E-state index contributed by atoms with van der Waals surface area (Å²) in [6, 6.07) is 9.64. The highest BCUT2D eigenvalue weighted by molar-refractivity contribution is 5.90. The fraction of sp³-hybridized carbons (Fsp3) is 0.125. The summed E-state index contributed by atoms with van der Waals surface area (Å²) in [6.07, 6.45) is 5.12. The minimum Gasteiger partial charge on any atom is -0.477 e. The molecule has 0 atom stereocenters. The Kier molecular flexibility index (Phi) is 4.42. The van der Waals surface area contributed by atoms with E-state index < -0.39 is 11.5 Å². The number of benzene rings is 1. The molecule has 1 aromatic heterocycles. The maximum absolute atomic E-state index is 12.0. The number of rotatable bonds is 4. The van der Waals surface area contributed by atoms with Crippen LogP contribution in [0.4, 0.5) is 0 Å². The molecule has 1 aromatic carbocycles. The maximum Gasteiger partial charge on any atom is 0.349 e. The van der Waals surface area contributed by atoms with Gasteiger partial charge in [-0.25, -0.2) is 4.79 Å². The van der Waals surface area contributed by atoms with Crippen molar-refractivity contribution in [3.8, 4) is 23.8 Å². The zero-order valence-corrected chi connectivity index (χ0v) is 11.4. The van der Waals surface area contributed by atoms with E-state index in [1.807, 2.05) is 0 Å².